The van der Waals surface area contributed by atoms with Crippen LogP contribution in [0.3, 0.4) is 0 Å². The predicted molar refractivity (Wildman–Crippen MR) is 78.0 cm³/mol. The largest absolute Gasteiger partial charge is 0.457 e. The molecule has 0 bridgehead atoms. The minimum Gasteiger partial charge on any atom is -0.457 e. The molecule has 0 N–H and O–H groups in total. The van der Waals surface area contributed by atoms with E-state index in [0.29, 0.717) is 5.92 Å². The van der Waals surface area contributed by atoms with Crippen LogP contribution in [0.15, 0.2) is 60.7 Å². The minimum atomic E-state index is 0.367. The summed E-state index contributed by atoms with van der Waals surface area (Å²) in [6.45, 7) is 2.26. The summed E-state index contributed by atoms with van der Waals surface area (Å²) < 4.78 is 6.06. The molecular formula is C18H14O. The summed E-state index contributed by atoms with van der Waals surface area (Å²) in [7, 11) is 0. The van der Waals surface area contributed by atoms with Gasteiger partial charge in [0.2, 0.25) is 0 Å². The Labute approximate surface area is 112 Å². The third-order valence-electron chi connectivity index (χ3n) is 3.97. The quantitative estimate of drug-likeness (QED) is 0.536. The van der Waals surface area contributed by atoms with Crippen LogP contribution in [0.2, 0.25) is 0 Å². The molecule has 0 aromatic heterocycles. The van der Waals surface area contributed by atoms with Crippen molar-refractivity contribution < 1.29 is 4.74 Å². The maximum absolute atomic E-state index is 6.06. The Balaban J connectivity index is 2.04. The van der Waals surface area contributed by atoms with E-state index in [2.05, 4.69) is 55.5 Å². The molecule has 0 fully saturated rings. The molecule has 0 amide bonds. The maximum Gasteiger partial charge on any atom is 0.131 e. The van der Waals surface area contributed by atoms with E-state index in [1.807, 2.05) is 12.1 Å². The fourth-order valence-electron chi connectivity index (χ4n) is 3.02. The van der Waals surface area contributed by atoms with Crippen LogP contribution in [0, 0.1) is 0 Å². The molecule has 3 aromatic carbocycles. The highest BCUT2D eigenvalue weighted by molar-refractivity contribution is 5.89. The van der Waals surface area contributed by atoms with Crippen LogP contribution < -0.4 is 4.74 Å². The van der Waals surface area contributed by atoms with Crippen LogP contribution in [0.25, 0.3) is 10.8 Å². The second kappa shape index (κ2) is 3.86. The van der Waals surface area contributed by atoms with Crippen LogP contribution in [0.1, 0.15) is 24.0 Å². The molecule has 0 aliphatic carbocycles. The van der Waals surface area contributed by atoms with Crippen LogP contribution in [0.5, 0.6) is 11.5 Å². The second-order valence-electron chi connectivity index (χ2n) is 5.06. The van der Waals surface area contributed by atoms with Crippen molar-refractivity contribution in [1.29, 1.82) is 0 Å². The number of ether oxygens (including phenoxy) is 1. The highest BCUT2D eigenvalue weighted by Crippen LogP contribution is 2.46. The van der Waals surface area contributed by atoms with Crippen LogP contribution in [-0.4, -0.2) is 0 Å². The Kier molecular flexibility index (Phi) is 2.16. The first kappa shape index (κ1) is 10.6. The SMILES string of the molecule is CC1c2ccccc2Oc2ccc3ccccc3c21. The number of benzene rings is 3. The van der Waals surface area contributed by atoms with Gasteiger partial charge in [-0.15, -0.1) is 0 Å². The zero-order valence-corrected chi connectivity index (χ0v) is 10.8. The molecule has 1 heterocycles. The molecule has 0 saturated heterocycles. The van der Waals surface area contributed by atoms with E-state index in [1.165, 1.54) is 21.9 Å². The molecule has 3 aromatic rings. The first-order valence-corrected chi connectivity index (χ1v) is 6.63. The van der Waals surface area contributed by atoms with Crippen LogP contribution in [-0.2, 0) is 0 Å². The molecule has 19 heavy (non-hydrogen) atoms. The first-order chi connectivity index (χ1) is 9.34. The van der Waals surface area contributed by atoms with Crippen LogP contribution >= 0.6 is 0 Å². The summed E-state index contributed by atoms with van der Waals surface area (Å²) >= 11 is 0. The zero-order valence-electron chi connectivity index (χ0n) is 10.8. The summed E-state index contributed by atoms with van der Waals surface area (Å²) in [6.07, 6.45) is 0. The van der Waals surface area contributed by atoms with Crippen molar-refractivity contribution in [3.63, 3.8) is 0 Å². The average Bonchev–Trinajstić information content (AvgIpc) is 2.47. The molecule has 0 radical (unpaired) electrons. The van der Waals surface area contributed by atoms with Crippen molar-refractivity contribution in [3.05, 3.63) is 71.8 Å². The van der Waals surface area contributed by atoms with E-state index in [0.717, 1.165) is 11.5 Å². The number of hydrogen-bond acceptors (Lipinski definition) is 1. The van der Waals surface area contributed by atoms with E-state index in [-0.39, 0.29) is 0 Å². The normalized spacial score (nSPS) is 16.6. The fraction of sp³-hybridized carbons (Fsp3) is 0.111. The summed E-state index contributed by atoms with van der Waals surface area (Å²) in [5, 5.41) is 2.57. The van der Waals surface area contributed by atoms with E-state index in [4.69, 9.17) is 4.74 Å². The summed E-state index contributed by atoms with van der Waals surface area (Å²) in [5.41, 5.74) is 2.57. The van der Waals surface area contributed by atoms with Gasteiger partial charge in [-0.2, -0.15) is 0 Å². The lowest BCUT2D eigenvalue weighted by Crippen LogP contribution is -2.07. The minimum absolute atomic E-state index is 0.367. The van der Waals surface area contributed by atoms with Crippen LogP contribution in [0.4, 0.5) is 0 Å². The molecule has 1 nitrogen and oxygen atoms in total. The van der Waals surface area contributed by atoms with Gasteiger partial charge < -0.3 is 4.74 Å². The maximum atomic E-state index is 6.06. The van der Waals surface area contributed by atoms with Gasteiger partial charge in [-0.1, -0.05) is 55.5 Å². The van der Waals surface area contributed by atoms with Crippen molar-refractivity contribution in [2.45, 2.75) is 12.8 Å². The lowest BCUT2D eigenvalue weighted by molar-refractivity contribution is 0.451. The Bertz CT molecular complexity index is 773. The highest BCUT2D eigenvalue weighted by atomic mass is 16.5. The molecule has 92 valence electrons. The first-order valence-electron chi connectivity index (χ1n) is 6.63. The number of para-hydroxylation sites is 1. The predicted octanol–water partition coefficient (Wildman–Crippen LogP) is 5.10. The van der Waals surface area contributed by atoms with Crippen molar-refractivity contribution in [2.24, 2.45) is 0 Å². The number of fused-ring (bicyclic) bond motifs is 4. The van der Waals surface area contributed by atoms with Gasteiger partial charge >= 0.3 is 0 Å². The van der Waals surface area contributed by atoms with Crippen molar-refractivity contribution in [2.75, 3.05) is 0 Å². The molecule has 1 unspecified atom stereocenters. The van der Waals surface area contributed by atoms with Gasteiger partial charge in [0.1, 0.15) is 11.5 Å². The number of hydrogen-bond donors (Lipinski definition) is 0. The molecular weight excluding hydrogens is 232 g/mol. The van der Waals surface area contributed by atoms with Crippen molar-refractivity contribution >= 4 is 10.8 Å². The number of rotatable bonds is 0. The van der Waals surface area contributed by atoms with Gasteiger partial charge in [0.05, 0.1) is 0 Å². The van der Waals surface area contributed by atoms with Gasteiger partial charge in [-0.3, -0.25) is 0 Å². The second-order valence-corrected chi connectivity index (χ2v) is 5.06. The van der Waals surface area contributed by atoms with Gasteiger partial charge in [0, 0.05) is 17.0 Å². The highest BCUT2D eigenvalue weighted by Gasteiger charge is 2.25. The summed E-state index contributed by atoms with van der Waals surface area (Å²) in [5.74, 6) is 2.34. The summed E-state index contributed by atoms with van der Waals surface area (Å²) in [6, 6.07) is 21.0. The Morgan fingerprint density at radius 3 is 2.53 bits per heavy atom. The van der Waals surface area contributed by atoms with E-state index >= 15 is 0 Å². The van der Waals surface area contributed by atoms with E-state index in [1.54, 1.807) is 0 Å². The monoisotopic (exact) mass is 246 g/mol. The Hall–Kier alpha value is -2.28. The molecule has 0 saturated carbocycles. The molecule has 1 heteroatoms. The van der Waals surface area contributed by atoms with E-state index < -0.39 is 0 Å². The lowest BCUT2D eigenvalue weighted by Gasteiger charge is -2.27. The topological polar surface area (TPSA) is 9.23 Å². The third-order valence-corrected chi connectivity index (χ3v) is 3.97. The molecule has 1 aliphatic rings. The standard InChI is InChI=1S/C18H14O/c1-12-14-7-4-5-9-16(14)19-17-11-10-13-6-2-3-8-15(13)18(12)17/h2-12H,1H3. The molecule has 1 atom stereocenters. The smallest absolute Gasteiger partial charge is 0.131 e. The Morgan fingerprint density at radius 2 is 1.58 bits per heavy atom. The average molecular weight is 246 g/mol. The fourth-order valence-corrected chi connectivity index (χ4v) is 3.02. The third kappa shape index (κ3) is 1.48. The van der Waals surface area contributed by atoms with Gasteiger partial charge in [0.15, 0.2) is 0 Å². The van der Waals surface area contributed by atoms with E-state index in [9.17, 15) is 0 Å². The Morgan fingerprint density at radius 1 is 0.789 bits per heavy atom. The zero-order chi connectivity index (χ0) is 12.8. The van der Waals surface area contributed by atoms with Crippen molar-refractivity contribution in [3.8, 4) is 11.5 Å². The molecule has 0 spiro atoms. The van der Waals surface area contributed by atoms with Gasteiger partial charge in [-0.05, 0) is 22.9 Å². The van der Waals surface area contributed by atoms with Crippen molar-refractivity contribution in [1.82, 2.24) is 0 Å². The summed E-state index contributed by atoms with van der Waals surface area (Å²) in [4.78, 5) is 0. The molecule has 1 aliphatic heterocycles. The lowest BCUT2D eigenvalue weighted by atomic mass is 9.86. The van der Waals surface area contributed by atoms with Gasteiger partial charge in [-0.25, -0.2) is 0 Å². The molecule has 4 rings (SSSR count). The van der Waals surface area contributed by atoms with Gasteiger partial charge in [0.25, 0.3) is 0 Å².